The number of benzene rings is 1. The van der Waals surface area contributed by atoms with Crippen molar-refractivity contribution in [1.29, 1.82) is 0 Å². The van der Waals surface area contributed by atoms with Crippen molar-refractivity contribution in [1.82, 2.24) is 4.90 Å². The third-order valence-corrected chi connectivity index (χ3v) is 4.66. The van der Waals surface area contributed by atoms with Crippen molar-refractivity contribution < 1.29 is 21.8 Å². The first-order valence-corrected chi connectivity index (χ1v) is 8.80. The van der Waals surface area contributed by atoms with E-state index in [-0.39, 0.29) is 24.9 Å². The SMILES string of the molecule is CCOc1cccc(C(C)N2CC(CS(=O)(=O)F)CC2=O)c1. The van der Waals surface area contributed by atoms with Crippen LogP contribution in [0.4, 0.5) is 3.89 Å². The van der Waals surface area contributed by atoms with Crippen molar-refractivity contribution in [3.63, 3.8) is 0 Å². The molecule has 122 valence electrons. The molecular formula is C15H20FNO4S. The molecule has 1 aliphatic rings. The van der Waals surface area contributed by atoms with Gasteiger partial charge in [-0.1, -0.05) is 12.1 Å². The first kappa shape index (κ1) is 16.7. The predicted octanol–water partition coefficient (Wildman–Crippen LogP) is 2.29. The summed E-state index contributed by atoms with van der Waals surface area (Å²) in [6, 6.07) is 7.23. The fourth-order valence-electron chi connectivity index (χ4n) is 2.79. The van der Waals surface area contributed by atoms with Gasteiger partial charge < -0.3 is 9.64 Å². The Balaban J connectivity index is 2.11. The monoisotopic (exact) mass is 329 g/mol. The van der Waals surface area contributed by atoms with Gasteiger partial charge in [0.1, 0.15) is 5.75 Å². The second kappa shape index (κ2) is 6.64. The summed E-state index contributed by atoms with van der Waals surface area (Å²) in [5.41, 5.74) is 0.906. The second-order valence-electron chi connectivity index (χ2n) is 5.50. The molecule has 0 saturated carbocycles. The molecule has 22 heavy (non-hydrogen) atoms. The van der Waals surface area contributed by atoms with Crippen LogP contribution < -0.4 is 4.74 Å². The quantitative estimate of drug-likeness (QED) is 0.751. The van der Waals surface area contributed by atoms with Crippen LogP contribution in [0, 0.1) is 5.92 Å². The highest BCUT2D eigenvalue weighted by Crippen LogP contribution is 2.30. The molecule has 1 saturated heterocycles. The Kier molecular flexibility index (Phi) is 5.05. The summed E-state index contributed by atoms with van der Waals surface area (Å²) < 4.78 is 39.7. The van der Waals surface area contributed by atoms with Crippen LogP contribution in [0.1, 0.15) is 31.9 Å². The summed E-state index contributed by atoms with van der Waals surface area (Å²) in [7, 11) is -4.56. The van der Waals surface area contributed by atoms with E-state index in [4.69, 9.17) is 4.74 Å². The van der Waals surface area contributed by atoms with Gasteiger partial charge in [-0.15, -0.1) is 3.89 Å². The number of nitrogens with zero attached hydrogens (tertiary/aromatic N) is 1. The lowest BCUT2D eigenvalue weighted by Crippen LogP contribution is -2.29. The Bertz CT molecular complexity index is 647. The molecule has 0 spiro atoms. The van der Waals surface area contributed by atoms with Gasteiger partial charge in [-0.2, -0.15) is 8.42 Å². The first-order valence-electron chi connectivity index (χ1n) is 7.24. The topological polar surface area (TPSA) is 63.7 Å². The number of ether oxygens (including phenoxy) is 1. The smallest absolute Gasteiger partial charge is 0.302 e. The van der Waals surface area contributed by atoms with E-state index in [1.165, 1.54) is 0 Å². The zero-order valence-corrected chi connectivity index (χ0v) is 13.5. The number of likely N-dealkylation sites (tertiary alicyclic amines) is 1. The average molecular weight is 329 g/mol. The van der Waals surface area contributed by atoms with Crippen LogP contribution in [0.3, 0.4) is 0 Å². The molecule has 7 heteroatoms. The molecule has 0 bridgehead atoms. The van der Waals surface area contributed by atoms with Gasteiger partial charge >= 0.3 is 10.2 Å². The molecule has 0 N–H and O–H groups in total. The molecule has 1 aromatic rings. The maximum Gasteiger partial charge on any atom is 0.302 e. The molecule has 0 aromatic heterocycles. The van der Waals surface area contributed by atoms with Crippen LogP contribution in [0.25, 0.3) is 0 Å². The Morgan fingerprint density at radius 1 is 1.45 bits per heavy atom. The molecule has 2 rings (SSSR count). The predicted molar refractivity (Wildman–Crippen MR) is 80.7 cm³/mol. The number of hydrogen-bond acceptors (Lipinski definition) is 4. The van der Waals surface area contributed by atoms with Gasteiger partial charge in [0.15, 0.2) is 0 Å². The van der Waals surface area contributed by atoms with Gasteiger partial charge in [0, 0.05) is 18.9 Å². The fourth-order valence-corrected chi connectivity index (χ4v) is 3.57. The number of carbonyl (C=O) groups is 1. The highest BCUT2D eigenvalue weighted by atomic mass is 32.3. The summed E-state index contributed by atoms with van der Waals surface area (Å²) in [6.07, 6.45) is 0.0681. The third kappa shape index (κ3) is 4.19. The van der Waals surface area contributed by atoms with Crippen molar-refractivity contribution in [2.45, 2.75) is 26.3 Å². The first-order chi connectivity index (χ1) is 10.3. The number of hydrogen-bond donors (Lipinski definition) is 0. The normalized spacial score (nSPS) is 20.2. The summed E-state index contributed by atoms with van der Waals surface area (Å²) in [6.45, 7) is 4.57. The van der Waals surface area contributed by atoms with E-state index >= 15 is 0 Å². The molecular weight excluding hydrogens is 309 g/mol. The zero-order valence-electron chi connectivity index (χ0n) is 12.7. The minimum atomic E-state index is -4.56. The molecule has 2 unspecified atom stereocenters. The van der Waals surface area contributed by atoms with Gasteiger partial charge in [0.05, 0.1) is 18.4 Å². The van der Waals surface area contributed by atoms with Crippen LogP contribution >= 0.6 is 0 Å². The number of amides is 1. The van der Waals surface area contributed by atoms with Crippen molar-refractivity contribution >= 4 is 16.1 Å². The van der Waals surface area contributed by atoms with Crippen LogP contribution in [-0.4, -0.2) is 38.1 Å². The summed E-state index contributed by atoms with van der Waals surface area (Å²) >= 11 is 0. The Hall–Kier alpha value is -1.63. The largest absolute Gasteiger partial charge is 0.494 e. The Morgan fingerprint density at radius 2 is 2.18 bits per heavy atom. The molecule has 1 fully saturated rings. The maximum atomic E-state index is 12.8. The fraction of sp³-hybridized carbons (Fsp3) is 0.533. The molecule has 1 amide bonds. The van der Waals surface area contributed by atoms with E-state index in [0.29, 0.717) is 6.61 Å². The number of halogens is 1. The van der Waals surface area contributed by atoms with E-state index < -0.39 is 21.9 Å². The molecule has 1 aliphatic heterocycles. The number of rotatable bonds is 6. The van der Waals surface area contributed by atoms with Crippen molar-refractivity contribution in [3.8, 4) is 5.75 Å². The lowest BCUT2D eigenvalue weighted by molar-refractivity contribution is -0.129. The zero-order chi connectivity index (χ0) is 16.3. The molecule has 1 heterocycles. The standard InChI is InChI=1S/C15H20FNO4S/c1-3-21-14-6-4-5-13(8-14)11(2)17-9-12(7-15(17)18)10-22(16,19)20/h4-6,8,11-12H,3,7,9-10H2,1-2H3. The van der Waals surface area contributed by atoms with Crippen molar-refractivity contribution in [3.05, 3.63) is 29.8 Å². The lowest BCUT2D eigenvalue weighted by Gasteiger charge is -2.25. The third-order valence-electron chi connectivity index (χ3n) is 3.79. The van der Waals surface area contributed by atoms with Crippen LogP contribution in [-0.2, 0) is 15.0 Å². The van der Waals surface area contributed by atoms with Crippen LogP contribution in [0.5, 0.6) is 5.75 Å². The second-order valence-corrected chi connectivity index (χ2v) is 6.91. The molecule has 2 atom stereocenters. The average Bonchev–Trinajstić information content (AvgIpc) is 2.77. The Labute approximate surface area is 130 Å². The Morgan fingerprint density at radius 3 is 2.82 bits per heavy atom. The van der Waals surface area contributed by atoms with Gasteiger partial charge in [0.25, 0.3) is 0 Å². The van der Waals surface area contributed by atoms with Crippen LogP contribution in [0.15, 0.2) is 24.3 Å². The van der Waals surface area contributed by atoms with E-state index in [1.54, 1.807) is 4.90 Å². The van der Waals surface area contributed by atoms with Crippen molar-refractivity contribution in [2.24, 2.45) is 5.92 Å². The van der Waals surface area contributed by atoms with E-state index in [1.807, 2.05) is 38.1 Å². The van der Waals surface area contributed by atoms with E-state index in [9.17, 15) is 17.1 Å². The molecule has 5 nitrogen and oxygen atoms in total. The minimum Gasteiger partial charge on any atom is -0.494 e. The maximum absolute atomic E-state index is 12.8. The highest BCUT2D eigenvalue weighted by molar-refractivity contribution is 7.86. The van der Waals surface area contributed by atoms with Crippen LogP contribution in [0.2, 0.25) is 0 Å². The van der Waals surface area contributed by atoms with E-state index in [0.717, 1.165) is 11.3 Å². The number of carbonyl (C=O) groups excluding carboxylic acids is 1. The summed E-state index contributed by atoms with van der Waals surface area (Å²) in [5.74, 6) is -0.509. The van der Waals surface area contributed by atoms with Gasteiger partial charge in [-0.25, -0.2) is 0 Å². The minimum absolute atomic E-state index is 0.0681. The van der Waals surface area contributed by atoms with Gasteiger partial charge in [-0.05, 0) is 31.5 Å². The lowest BCUT2D eigenvalue weighted by atomic mass is 10.1. The molecule has 0 aliphatic carbocycles. The van der Waals surface area contributed by atoms with Gasteiger partial charge in [0.2, 0.25) is 5.91 Å². The molecule has 0 radical (unpaired) electrons. The van der Waals surface area contributed by atoms with E-state index in [2.05, 4.69) is 0 Å². The summed E-state index contributed by atoms with van der Waals surface area (Å²) in [4.78, 5) is 13.7. The highest BCUT2D eigenvalue weighted by Gasteiger charge is 2.35. The van der Waals surface area contributed by atoms with Gasteiger partial charge in [-0.3, -0.25) is 4.79 Å². The molecule has 1 aromatic carbocycles. The summed E-state index contributed by atoms with van der Waals surface area (Å²) in [5, 5.41) is 0. The van der Waals surface area contributed by atoms with Crippen molar-refractivity contribution in [2.75, 3.05) is 18.9 Å².